The van der Waals surface area contributed by atoms with E-state index in [-0.39, 0.29) is 36.0 Å². The lowest BCUT2D eigenvalue weighted by molar-refractivity contribution is -0.119. The maximum atomic E-state index is 12.9. The molecule has 0 spiro atoms. The summed E-state index contributed by atoms with van der Waals surface area (Å²) < 4.78 is 12.4. The minimum atomic E-state index is -0.651. The van der Waals surface area contributed by atoms with Crippen LogP contribution in [0.15, 0.2) is 23.0 Å². The highest BCUT2D eigenvalue weighted by molar-refractivity contribution is 6.23. The zero-order valence-electron chi connectivity index (χ0n) is 17.5. The second kappa shape index (κ2) is 8.90. The quantitative estimate of drug-likeness (QED) is 0.417. The molecule has 164 valence electrons. The van der Waals surface area contributed by atoms with E-state index < -0.39 is 17.4 Å². The molecular formula is C21H24N4O6. The molecule has 1 aliphatic heterocycles. The van der Waals surface area contributed by atoms with Crippen molar-refractivity contribution in [2.75, 3.05) is 26.0 Å². The number of hydrogen-bond donors (Lipinski definition) is 3. The molecule has 3 rings (SSSR count). The van der Waals surface area contributed by atoms with Crippen LogP contribution >= 0.6 is 0 Å². The van der Waals surface area contributed by atoms with Crippen molar-refractivity contribution in [3.63, 3.8) is 0 Å². The first-order chi connectivity index (χ1) is 14.8. The van der Waals surface area contributed by atoms with E-state index in [0.717, 1.165) is 18.1 Å². The minimum absolute atomic E-state index is 0.0315. The fourth-order valence-electron chi connectivity index (χ4n) is 3.46. The van der Waals surface area contributed by atoms with Crippen LogP contribution in [0.2, 0.25) is 0 Å². The van der Waals surface area contributed by atoms with Gasteiger partial charge >= 0.3 is 0 Å². The minimum Gasteiger partial charge on any atom is -0.493 e. The SMILES string of the molecule is CCCc1cc(OC)c(OCCNC(C)=O)cc1-n1c(N)c2c(cc1=O)C(=O)NC2=O. The zero-order valence-corrected chi connectivity index (χ0v) is 17.5. The number of pyridine rings is 1. The van der Waals surface area contributed by atoms with Gasteiger partial charge in [0.25, 0.3) is 17.4 Å². The summed E-state index contributed by atoms with van der Waals surface area (Å²) >= 11 is 0. The number of nitrogen functional groups attached to an aromatic ring is 1. The Bertz CT molecular complexity index is 1120. The molecule has 0 atom stereocenters. The van der Waals surface area contributed by atoms with Gasteiger partial charge in [-0.05, 0) is 18.1 Å². The van der Waals surface area contributed by atoms with Crippen molar-refractivity contribution in [2.24, 2.45) is 0 Å². The van der Waals surface area contributed by atoms with E-state index in [1.807, 2.05) is 6.92 Å². The van der Waals surface area contributed by atoms with Crippen LogP contribution in [0.25, 0.3) is 5.69 Å². The summed E-state index contributed by atoms with van der Waals surface area (Å²) in [4.78, 5) is 48.1. The van der Waals surface area contributed by atoms with Crippen molar-refractivity contribution in [1.82, 2.24) is 15.2 Å². The van der Waals surface area contributed by atoms with Gasteiger partial charge in [0, 0.05) is 19.1 Å². The number of amides is 3. The number of anilines is 1. The van der Waals surface area contributed by atoms with Crippen molar-refractivity contribution < 1.29 is 23.9 Å². The summed E-state index contributed by atoms with van der Waals surface area (Å²) in [6.45, 7) is 3.85. The van der Waals surface area contributed by atoms with E-state index in [9.17, 15) is 19.2 Å². The number of nitrogens with one attached hydrogen (secondary N) is 2. The van der Waals surface area contributed by atoms with Crippen molar-refractivity contribution in [2.45, 2.75) is 26.7 Å². The van der Waals surface area contributed by atoms with Crippen LogP contribution in [0.4, 0.5) is 5.82 Å². The summed E-state index contributed by atoms with van der Waals surface area (Å²) in [5.74, 6) is -0.812. The van der Waals surface area contributed by atoms with Gasteiger partial charge in [-0.15, -0.1) is 0 Å². The number of aromatic nitrogens is 1. The van der Waals surface area contributed by atoms with Crippen LogP contribution in [0.1, 0.15) is 46.5 Å². The molecule has 10 nitrogen and oxygen atoms in total. The number of aryl methyl sites for hydroxylation is 1. The normalized spacial score (nSPS) is 12.4. The van der Waals surface area contributed by atoms with Crippen LogP contribution in [-0.2, 0) is 11.2 Å². The van der Waals surface area contributed by atoms with Crippen LogP contribution in [-0.4, -0.2) is 42.6 Å². The van der Waals surface area contributed by atoms with Gasteiger partial charge < -0.3 is 20.5 Å². The number of benzene rings is 1. The Balaban J connectivity index is 2.14. The number of ether oxygens (including phenoxy) is 2. The van der Waals surface area contributed by atoms with Crippen LogP contribution in [0.3, 0.4) is 0 Å². The van der Waals surface area contributed by atoms with Crippen molar-refractivity contribution in [1.29, 1.82) is 0 Å². The van der Waals surface area contributed by atoms with Gasteiger partial charge in [0.15, 0.2) is 11.5 Å². The molecule has 0 saturated heterocycles. The first-order valence-electron chi connectivity index (χ1n) is 9.78. The van der Waals surface area contributed by atoms with E-state index >= 15 is 0 Å². The molecule has 0 unspecified atom stereocenters. The smallest absolute Gasteiger partial charge is 0.262 e. The third-order valence-corrected chi connectivity index (χ3v) is 4.81. The Morgan fingerprint density at radius 1 is 1.16 bits per heavy atom. The lowest BCUT2D eigenvalue weighted by Crippen LogP contribution is -2.26. The van der Waals surface area contributed by atoms with Crippen LogP contribution in [0, 0.1) is 0 Å². The highest BCUT2D eigenvalue weighted by Gasteiger charge is 2.32. The highest BCUT2D eigenvalue weighted by Crippen LogP contribution is 2.34. The number of methoxy groups -OCH3 is 1. The summed E-state index contributed by atoms with van der Waals surface area (Å²) in [5, 5.41) is 4.78. The molecule has 31 heavy (non-hydrogen) atoms. The molecule has 1 aromatic carbocycles. The molecule has 0 radical (unpaired) electrons. The predicted molar refractivity (Wildman–Crippen MR) is 113 cm³/mol. The molecule has 1 aromatic heterocycles. The molecular weight excluding hydrogens is 404 g/mol. The maximum absolute atomic E-state index is 12.9. The average Bonchev–Trinajstić information content (AvgIpc) is 2.99. The first kappa shape index (κ1) is 21.9. The molecule has 0 fully saturated rings. The Morgan fingerprint density at radius 3 is 2.55 bits per heavy atom. The Kier molecular flexibility index (Phi) is 6.28. The highest BCUT2D eigenvalue weighted by atomic mass is 16.5. The van der Waals surface area contributed by atoms with Gasteiger partial charge in [0.2, 0.25) is 5.91 Å². The van der Waals surface area contributed by atoms with E-state index in [1.54, 1.807) is 12.1 Å². The van der Waals surface area contributed by atoms with E-state index in [2.05, 4.69) is 10.6 Å². The summed E-state index contributed by atoms with van der Waals surface area (Å²) in [6, 6.07) is 4.45. The van der Waals surface area contributed by atoms with Gasteiger partial charge in [-0.3, -0.25) is 29.1 Å². The second-order valence-corrected chi connectivity index (χ2v) is 6.99. The predicted octanol–water partition coefficient (Wildman–Crippen LogP) is 0.779. The number of hydrogen-bond acceptors (Lipinski definition) is 7. The lowest BCUT2D eigenvalue weighted by atomic mass is 10.0. The number of fused-ring (bicyclic) bond motifs is 1. The summed E-state index contributed by atoms with van der Waals surface area (Å²) in [5.41, 5.74) is 6.75. The van der Waals surface area contributed by atoms with Gasteiger partial charge in [-0.2, -0.15) is 0 Å². The van der Waals surface area contributed by atoms with Crippen LogP contribution in [0.5, 0.6) is 11.5 Å². The lowest BCUT2D eigenvalue weighted by Gasteiger charge is -2.19. The van der Waals surface area contributed by atoms with Crippen molar-refractivity contribution in [3.05, 3.63) is 45.2 Å². The molecule has 2 aromatic rings. The van der Waals surface area contributed by atoms with Gasteiger partial charge in [-0.25, -0.2) is 0 Å². The Morgan fingerprint density at radius 2 is 1.90 bits per heavy atom. The van der Waals surface area contributed by atoms with Gasteiger partial charge in [-0.1, -0.05) is 13.3 Å². The monoisotopic (exact) mass is 428 g/mol. The van der Waals surface area contributed by atoms with Gasteiger partial charge in [0.1, 0.15) is 12.4 Å². The molecule has 0 aliphatic carbocycles. The second-order valence-electron chi connectivity index (χ2n) is 6.99. The molecule has 3 amide bonds. The zero-order chi connectivity index (χ0) is 22.7. The topological polar surface area (TPSA) is 142 Å². The van der Waals surface area contributed by atoms with Crippen molar-refractivity contribution in [3.8, 4) is 17.2 Å². The van der Waals surface area contributed by atoms with E-state index in [1.165, 1.54) is 18.6 Å². The number of rotatable bonds is 8. The number of nitrogens with two attached hydrogens (primary N) is 1. The Hall–Kier alpha value is -3.82. The van der Waals surface area contributed by atoms with E-state index in [0.29, 0.717) is 23.6 Å². The maximum Gasteiger partial charge on any atom is 0.262 e. The Labute approximate surface area is 178 Å². The fourth-order valence-corrected chi connectivity index (χ4v) is 3.46. The van der Waals surface area contributed by atoms with E-state index in [4.69, 9.17) is 15.2 Å². The third kappa shape index (κ3) is 4.23. The third-order valence-electron chi connectivity index (χ3n) is 4.81. The number of nitrogens with zero attached hydrogens (tertiary/aromatic N) is 1. The molecule has 4 N–H and O–H groups in total. The van der Waals surface area contributed by atoms with Crippen molar-refractivity contribution >= 4 is 23.5 Å². The average molecular weight is 428 g/mol. The van der Waals surface area contributed by atoms with Crippen LogP contribution < -0.4 is 31.4 Å². The standard InChI is InChI=1S/C21H24N4O6/c1-4-5-12-8-15(30-3)16(31-7-6-23-11(2)26)10-14(12)25-17(27)9-13-18(19(25)22)21(29)24-20(13)28/h8-10H,4-7,22H2,1-3H3,(H,23,26)(H,24,28,29). The number of imide groups is 1. The fraction of sp³-hybridized carbons (Fsp3) is 0.333. The summed E-state index contributed by atoms with van der Waals surface area (Å²) in [7, 11) is 1.50. The summed E-state index contributed by atoms with van der Waals surface area (Å²) in [6.07, 6.45) is 1.38. The molecule has 10 heteroatoms. The molecule has 2 heterocycles. The number of carbonyl (C=O) groups excluding carboxylic acids is 3. The first-order valence-corrected chi connectivity index (χ1v) is 9.78. The number of carbonyl (C=O) groups is 3. The van der Waals surface area contributed by atoms with Gasteiger partial charge in [0.05, 0.1) is 30.5 Å². The molecule has 0 saturated carbocycles. The largest absolute Gasteiger partial charge is 0.493 e. The molecule has 0 bridgehead atoms. The molecule has 1 aliphatic rings.